The van der Waals surface area contributed by atoms with E-state index in [4.69, 9.17) is 5.73 Å². The zero-order valence-electron chi connectivity index (χ0n) is 12.0. The van der Waals surface area contributed by atoms with Crippen molar-refractivity contribution >= 4 is 5.91 Å². The first kappa shape index (κ1) is 14.4. The van der Waals surface area contributed by atoms with Gasteiger partial charge in [0.1, 0.15) is 5.82 Å². The number of hydrogen-bond acceptors (Lipinski definition) is 4. The molecule has 6 heteroatoms. The number of nitrogens with zero attached hydrogens (tertiary/aromatic N) is 2. The Morgan fingerprint density at radius 1 is 1.33 bits per heavy atom. The van der Waals surface area contributed by atoms with Crippen molar-refractivity contribution in [1.29, 1.82) is 0 Å². The molecule has 0 radical (unpaired) electrons. The van der Waals surface area contributed by atoms with Gasteiger partial charge < -0.3 is 11.1 Å². The molecule has 3 N–H and O–H groups in total. The topological polar surface area (TPSA) is 61.6 Å². The van der Waals surface area contributed by atoms with Crippen LogP contribution >= 0.6 is 0 Å². The Hall–Kier alpha value is -1.50. The minimum absolute atomic E-state index is 0.221. The van der Waals surface area contributed by atoms with Gasteiger partial charge in [-0.15, -0.1) is 0 Å². The van der Waals surface area contributed by atoms with Crippen LogP contribution in [0.3, 0.4) is 0 Å². The van der Waals surface area contributed by atoms with Crippen LogP contribution in [0.4, 0.5) is 4.39 Å². The van der Waals surface area contributed by atoms with E-state index in [2.05, 4.69) is 15.1 Å². The molecular weight excluding hydrogens is 271 g/mol. The van der Waals surface area contributed by atoms with E-state index in [0.29, 0.717) is 18.2 Å². The Morgan fingerprint density at radius 3 is 2.67 bits per heavy atom. The Bertz CT molecular complexity index is 524. The largest absolute Gasteiger partial charge is 0.366 e. The van der Waals surface area contributed by atoms with E-state index in [-0.39, 0.29) is 11.4 Å². The van der Waals surface area contributed by atoms with Crippen molar-refractivity contribution in [2.75, 3.05) is 39.3 Å². The fraction of sp³-hybridized carbons (Fsp3) is 0.533. The third-order valence-electron chi connectivity index (χ3n) is 4.34. The highest BCUT2D eigenvalue weighted by Crippen LogP contribution is 2.20. The van der Waals surface area contributed by atoms with Crippen molar-refractivity contribution in [2.24, 2.45) is 5.73 Å². The van der Waals surface area contributed by atoms with Crippen LogP contribution < -0.4 is 11.1 Å². The summed E-state index contributed by atoms with van der Waals surface area (Å²) in [7, 11) is 0. The minimum atomic E-state index is -0.594. The summed E-state index contributed by atoms with van der Waals surface area (Å²) in [5, 5.41) is 3.35. The molecule has 0 atom stereocenters. The van der Waals surface area contributed by atoms with E-state index in [1.165, 1.54) is 6.07 Å². The zero-order valence-corrected chi connectivity index (χ0v) is 12.0. The summed E-state index contributed by atoms with van der Waals surface area (Å²) in [6, 6.07) is 5.08. The maximum Gasteiger partial charge on any atom is 0.248 e. The number of amides is 1. The van der Waals surface area contributed by atoms with E-state index in [0.717, 1.165) is 39.3 Å². The van der Waals surface area contributed by atoms with Crippen LogP contribution in [0.1, 0.15) is 15.9 Å². The molecule has 2 saturated heterocycles. The number of benzene rings is 1. The normalized spacial score (nSPS) is 21.2. The van der Waals surface area contributed by atoms with Crippen molar-refractivity contribution in [1.82, 2.24) is 15.1 Å². The number of hydrogen-bond donors (Lipinski definition) is 2. The molecule has 21 heavy (non-hydrogen) atoms. The highest BCUT2D eigenvalue weighted by molar-refractivity contribution is 5.92. The molecule has 1 amide bonds. The van der Waals surface area contributed by atoms with E-state index in [1.54, 1.807) is 12.1 Å². The fourth-order valence-corrected chi connectivity index (χ4v) is 3.02. The number of carbonyl (C=O) groups is 1. The van der Waals surface area contributed by atoms with Crippen LogP contribution in [-0.4, -0.2) is 61.0 Å². The quantitative estimate of drug-likeness (QED) is 0.821. The van der Waals surface area contributed by atoms with Gasteiger partial charge >= 0.3 is 0 Å². The van der Waals surface area contributed by atoms with Gasteiger partial charge in [-0.3, -0.25) is 14.6 Å². The summed E-state index contributed by atoms with van der Waals surface area (Å²) >= 11 is 0. The molecule has 2 aliphatic heterocycles. The Balaban J connectivity index is 1.53. The number of carbonyl (C=O) groups excluding carboxylic acids is 1. The number of rotatable bonds is 4. The van der Waals surface area contributed by atoms with Gasteiger partial charge in [-0.2, -0.15) is 0 Å². The average molecular weight is 292 g/mol. The van der Waals surface area contributed by atoms with Gasteiger partial charge in [-0.05, 0) is 12.1 Å². The summed E-state index contributed by atoms with van der Waals surface area (Å²) in [6.07, 6.45) is 0. The Kier molecular flexibility index (Phi) is 4.19. The molecule has 1 aromatic carbocycles. The summed E-state index contributed by atoms with van der Waals surface area (Å²) < 4.78 is 13.9. The highest BCUT2D eigenvalue weighted by atomic mass is 19.1. The zero-order chi connectivity index (χ0) is 14.8. The van der Waals surface area contributed by atoms with E-state index >= 15 is 0 Å². The van der Waals surface area contributed by atoms with Gasteiger partial charge in [0.25, 0.3) is 0 Å². The van der Waals surface area contributed by atoms with Crippen molar-refractivity contribution < 1.29 is 9.18 Å². The van der Waals surface area contributed by atoms with Gasteiger partial charge in [0.15, 0.2) is 0 Å². The maximum absolute atomic E-state index is 13.9. The van der Waals surface area contributed by atoms with Gasteiger partial charge in [0.2, 0.25) is 5.91 Å². The lowest BCUT2D eigenvalue weighted by Crippen LogP contribution is -2.62. The molecule has 2 fully saturated rings. The molecule has 0 spiro atoms. The molecule has 0 aliphatic carbocycles. The molecule has 114 valence electrons. The molecule has 0 unspecified atom stereocenters. The SMILES string of the molecule is NC(=O)c1ccc(CN2CC(N3CCNCC3)C2)c(F)c1. The number of primary amides is 1. The minimum Gasteiger partial charge on any atom is -0.366 e. The monoisotopic (exact) mass is 292 g/mol. The van der Waals surface area contributed by atoms with Crippen LogP contribution in [0.2, 0.25) is 0 Å². The van der Waals surface area contributed by atoms with Crippen molar-refractivity contribution in [3.8, 4) is 0 Å². The average Bonchev–Trinajstić information content (AvgIpc) is 2.44. The predicted molar refractivity (Wildman–Crippen MR) is 78.4 cm³/mol. The number of piperazine rings is 1. The lowest BCUT2D eigenvalue weighted by atomic mass is 10.0. The highest BCUT2D eigenvalue weighted by Gasteiger charge is 2.32. The molecule has 0 saturated carbocycles. The molecule has 2 heterocycles. The molecular formula is C15H21FN4O. The standard InChI is InChI=1S/C15H21FN4O/c16-14-7-11(15(17)21)1-2-12(14)8-19-9-13(10-19)20-5-3-18-4-6-20/h1-2,7,13,18H,3-6,8-10H2,(H2,17,21). The number of nitrogens with one attached hydrogen (secondary N) is 1. The third kappa shape index (κ3) is 3.23. The van der Waals surface area contributed by atoms with Gasteiger partial charge in [0.05, 0.1) is 0 Å². The van der Waals surface area contributed by atoms with Crippen LogP contribution in [0.5, 0.6) is 0 Å². The molecule has 5 nitrogen and oxygen atoms in total. The van der Waals surface area contributed by atoms with Crippen molar-refractivity contribution in [2.45, 2.75) is 12.6 Å². The lowest BCUT2D eigenvalue weighted by molar-refractivity contribution is 0.0217. The van der Waals surface area contributed by atoms with Crippen LogP contribution in [0.25, 0.3) is 0 Å². The second-order valence-corrected chi connectivity index (χ2v) is 5.80. The second kappa shape index (κ2) is 6.09. The first-order valence-electron chi connectivity index (χ1n) is 7.39. The summed E-state index contributed by atoms with van der Waals surface area (Å²) in [5.41, 5.74) is 5.99. The van der Waals surface area contributed by atoms with Gasteiger partial charge in [0, 0.05) is 63.0 Å². The molecule has 2 aliphatic rings. The predicted octanol–water partition coefficient (Wildman–Crippen LogP) is 0.0140. The van der Waals surface area contributed by atoms with Crippen LogP contribution in [0.15, 0.2) is 18.2 Å². The van der Waals surface area contributed by atoms with Crippen molar-refractivity contribution in [3.63, 3.8) is 0 Å². The molecule has 0 aromatic heterocycles. The van der Waals surface area contributed by atoms with Gasteiger partial charge in [-0.25, -0.2) is 4.39 Å². The number of nitrogens with two attached hydrogens (primary N) is 1. The first-order chi connectivity index (χ1) is 10.1. The van der Waals surface area contributed by atoms with Crippen molar-refractivity contribution in [3.05, 3.63) is 35.1 Å². The molecule has 3 rings (SSSR count). The summed E-state index contributed by atoms with van der Waals surface area (Å²) in [6.45, 7) is 6.86. The van der Waals surface area contributed by atoms with Gasteiger partial charge in [-0.1, -0.05) is 6.07 Å². The Morgan fingerprint density at radius 2 is 2.05 bits per heavy atom. The lowest BCUT2D eigenvalue weighted by Gasteiger charge is -2.46. The van der Waals surface area contributed by atoms with Crippen LogP contribution in [0, 0.1) is 5.82 Å². The number of likely N-dealkylation sites (tertiary alicyclic amines) is 1. The van der Waals surface area contributed by atoms with E-state index < -0.39 is 5.91 Å². The van der Waals surface area contributed by atoms with E-state index in [1.807, 2.05) is 0 Å². The fourth-order valence-electron chi connectivity index (χ4n) is 3.02. The summed E-state index contributed by atoms with van der Waals surface area (Å²) in [4.78, 5) is 15.7. The molecule has 0 bridgehead atoms. The number of halogens is 1. The van der Waals surface area contributed by atoms with E-state index in [9.17, 15) is 9.18 Å². The second-order valence-electron chi connectivity index (χ2n) is 5.80. The molecule has 1 aromatic rings. The first-order valence-corrected chi connectivity index (χ1v) is 7.39. The Labute approximate surface area is 123 Å². The van der Waals surface area contributed by atoms with Crippen LogP contribution in [-0.2, 0) is 6.54 Å². The third-order valence-corrected chi connectivity index (χ3v) is 4.34. The maximum atomic E-state index is 13.9. The summed E-state index contributed by atoms with van der Waals surface area (Å²) in [5.74, 6) is -0.944. The smallest absolute Gasteiger partial charge is 0.248 e.